The predicted molar refractivity (Wildman–Crippen MR) is 109 cm³/mol. The smallest absolute Gasteiger partial charge is 0.295 e. The molecular formula is C21H24F2N4O2. The summed E-state index contributed by atoms with van der Waals surface area (Å²) < 4.78 is 34.0. The number of nitrogens with one attached hydrogen (secondary N) is 1. The third-order valence-corrected chi connectivity index (χ3v) is 4.15. The number of fused-ring (bicyclic) bond motifs is 1. The highest BCUT2D eigenvalue weighted by atomic mass is 19.1. The first-order valence-electron chi connectivity index (χ1n) is 9.34. The van der Waals surface area contributed by atoms with E-state index in [2.05, 4.69) is 36.1 Å². The lowest BCUT2D eigenvalue weighted by molar-refractivity contribution is 0.425. The van der Waals surface area contributed by atoms with Crippen molar-refractivity contribution >= 4 is 17.0 Å². The van der Waals surface area contributed by atoms with Crippen molar-refractivity contribution in [2.75, 3.05) is 11.9 Å². The number of ether oxygens (including phenoxy) is 1. The Kier molecular flexibility index (Phi) is 5.55. The van der Waals surface area contributed by atoms with E-state index in [1.165, 1.54) is 10.6 Å². The van der Waals surface area contributed by atoms with Gasteiger partial charge in [0.15, 0.2) is 17.3 Å². The normalized spacial score (nSPS) is 11.9. The summed E-state index contributed by atoms with van der Waals surface area (Å²) in [5.41, 5.74) is 0.0208. The van der Waals surface area contributed by atoms with E-state index in [4.69, 9.17) is 4.74 Å². The van der Waals surface area contributed by atoms with Crippen molar-refractivity contribution in [2.45, 2.75) is 40.7 Å². The molecule has 0 amide bonds. The van der Waals surface area contributed by atoms with Gasteiger partial charge >= 0.3 is 0 Å². The summed E-state index contributed by atoms with van der Waals surface area (Å²) in [6.45, 7) is 10.6. The summed E-state index contributed by atoms with van der Waals surface area (Å²) in [4.78, 5) is 21.8. The molecule has 0 bridgehead atoms. The summed E-state index contributed by atoms with van der Waals surface area (Å²) in [7, 11) is 0. The number of hydrogen-bond acceptors (Lipinski definition) is 5. The van der Waals surface area contributed by atoms with Gasteiger partial charge in [-0.3, -0.25) is 9.36 Å². The van der Waals surface area contributed by atoms with Crippen LogP contribution in [-0.4, -0.2) is 21.1 Å². The van der Waals surface area contributed by atoms with Gasteiger partial charge in [-0.15, -0.1) is 0 Å². The van der Waals surface area contributed by atoms with Crippen molar-refractivity contribution in [1.82, 2.24) is 14.5 Å². The van der Waals surface area contributed by atoms with E-state index in [-0.39, 0.29) is 23.0 Å². The molecule has 0 saturated carbocycles. The van der Waals surface area contributed by atoms with E-state index >= 15 is 0 Å². The van der Waals surface area contributed by atoms with Crippen LogP contribution in [0, 0.1) is 17.0 Å². The average Bonchev–Trinajstić information content (AvgIpc) is 2.61. The molecule has 0 spiro atoms. The third kappa shape index (κ3) is 4.70. The molecule has 6 nitrogen and oxygen atoms in total. The molecule has 8 heteroatoms. The van der Waals surface area contributed by atoms with Crippen LogP contribution in [0.25, 0.3) is 11.0 Å². The molecule has 1 N–H and O–H groups in total. The van der Waals surface area contributed by atoms with E-state index in [1.54, 1.807) is 6.20 Å². The Morgan fingerprint density at radius 3 is 2.52 bits per heavy atom. The molecule has 154 valence electrons. The van der Waals surface area contributed by atoms with Crippen LogP contribution in [0.5, 0.6) is 11.5 Å². The largest absolute Gasteiger partial charge is 0.448 e. The van der Waals surface area contributed by atoms with E-state index in [9.17, 15) is 13.6 Å². The molecule has 2 heterocycles. The molecule has 3 aromatic rings. The fraction of sp³-hybridized carbons (Fsp3) is 0.381. The van der Waals surface area contributed by atoms with Crippen molar-refractivity contribution in [1.29, 1.82) is 0 Å². The second-order valence-corrected chi connectivity index (χ2v) is 8.34. The number of pyridine rings is 1. The second kappa shape index (κ2) is 7.77. The van der Waals surface area contributed by atoms with Gasteiger partial charge in [0.05, 0.1) is 0 Å². The maximum absolute atomic E-state index is 14.0. The molecule has 29 heavy (non-hydrogen) atoms. The molecule has 0 radical (unpaired) electrons. The molecule has 3 rings (SSSR count). The van der Waals surface area contributed by atoms with Crippen LogP contribution >= 0.6 is 0 Å². The Bertz CT molecular complexity index is 1100. The Morgan fingerprint density at radius 2 is 1.90 bits per heavy atom. The van der Waals surface area contributed by atoms with E-state index < -0.39 is 17.2 Å². The zero-order chi connectivity index (χ0) is 21.3. The first-order valence-corrected chi connectivity index (χ1v) is 9.34. The highest BCUT2D eigenvalue weighted by molar-refractivity contribution is 5.77. The maximum Gasteiger partial charge on any atom is 0.295 e. The van der Waals surface area contributed by atoms with Crippen LogP contribution in [0.15, 0.2) is 35.3 Å². The molecule has 2 aromatic heterocycles. The standard InChI is InChI=1S/C21H24F2N4O2/c1-12(2)27-18-13(10-24-20(26-18)25-11-21(3,4)5)8-17(19(27)28)29-16-7-6-14(22)9-15(16)23/h6-10,12H,11H2,1-5H3,(H,24,25,26). The minimum absolute atomic E-state index is 0.0347. The fourth-order valence-electron chi connectivity index (χ4n) is 2.75. The lowest BCUT2D eigenvalue weighted by Gasteiger charge is -2.19. The number of benzene rings is 1. The molecule has 0 fully saturated rings. The van der Waals surface area contributed by atoms with Crippen LogP contribution in [0.2, 0.25) is 0 Å². The van der Waals surface area contributed by atoms with Crippen molar-refractivity contribution in [3.8, 4) is 11.5 Å². The number of rotatable bonds is 5. The van der Waals surface area contributed by atoms with Gasteiger partial charge < -0.3 is 10.1 Å². The van der Waals surface area contributed by atoms with E-state index in [0.717, 1.165) is 12.1 Å². The van der Waals surface area contributed by atoms with Crippen LogP contribution in [-0.2, 0) is 0 Å². The van der Waals surface area contributed by atoms with Gasteiger partial charge in [-0.25, -0.2) is 13.8 Å². The molecular weight excluding hydrogens is 378 g/mol. The predicted octanol–water partition coefficient (Wildman–Crippen LogP) is 4.90. The van der Waals surface area contributed by atoms with Crippen molar-refractivity contribution < 1.29 is 13.5 Å². The SMILES string of the molecule is CC(C)n1c(=O)c(Oc2ccc(F)cc2F)cc2cnc(NCC(C)(C)C)nc21. The molecule has 0 aliphatic carbocycles. The molecule has 1 aromatic carbocycles. The minimum Gasteiger partial charge on any atom is -0.448 e. The van der Waals surface area contributed by atoms with Gasteiger partial charge in [-0.1, -0.05) is 20.8 Å². The lowest BCUT2D eigenvalue weighted by atomic mass is 9.97. The van der Waals surface area contributed by atoms with Gasteiger partial charge in [0.1, 0.15) is 11.5 Å². The Hall–Kier alpha value is -3.03. The van der Waals surface area contributed by atoms with Gasteiger partial charge in [-0.2, -0.15) is 4.98 Å². The summed E-state index contributed by atoms with van der Waals surface area (Å²) in [5, 5.41) is 3.74. The third-order valence-electron chi connectivity index (χ3n) is 4.15. The van der Waals surface area contributed by atoms with Crippen LogP contribution in [0.4, 0.5) is 14.7 Å². The summed E-state index contributed by atoms with van der Waals surface area (Å²) in [6.07, 6.45) is 1.58. The van der Waals surface area contributed by atoms with Gasteiger partial charge in [-0.05, 0) is 37.5 Å². The highest BCUT2D eigenvalue weighted by Crippen LogP contribution is 2.26. The van der Waals surface area contributed by atoms with Crippen LogP contribution in [0.3, 0.4) is 0 Å². The number of nitrogens with zero attached hydrogens (tertiary/aromatic N) is 3. The molecule has 0 aliphatic rings. The second-order valence-electron chi connectivity index (χ2n) is 8.34. The number of anilines is 1. The summed E-state index contributed by atoms with van der Waals surface area (Å²) in [5.74, 6) is -1.52. The quantitative estimate of drug-likeness (QED) is 0.657. The maximum atomic E-state index is 14.0. The first-order chi connectivity index (χ1) is 13.5. The van der Waals surface area contributed by atoms with Crippen molar-refractivity contribution in [2.24, 2.45) is 5.41 Å². The van der Waals surface area contributed by atoms with Crippen LogP contribution < -0.4 is 15.6 Å². The van der Waals surface area contributed by atoms with E-state index in [1.807, 2.05) is 13.8 Å². The summed E-state index contributed by atoms with van der Waals surface area (Å²) >= 11 is 0. The fourth-order valence-corrected chi connectivity index (χ4v) is 2.75. The Labute approximate surface area is 167 Å². The monoisotopic (exact) mass is 402 g/mol. The van der Waals surface area contributed by atoms with E-state index in [0.29, 0.717) is 29.6 Å². The van der Waals surface area contributed by atoms with Crippen molar-refractivity contribution in [3.05, 3.63) is 52.5 Å². The molecule has 0 atom stereocenters. The zero-order valence-electron chi connectivity index (χ0n) is 17.1. The average molecular weight is 402 g/mol. The topological polar surface area (TPSA) is 69.0 Å². The minimum atomic E-state index is -0.890. The molecule has 0 aliphatic heterocycles. The van der Waals surface area contributed by atoms with Gasteiger partial charge in [0, 0.05) is 30.2 Å². The Morgan fingerprint density at radius 1 is 1.17 bits per heavy atom. The zero-order valence-corrected chi connectivity index (χ0v) is 17.1. The van der Waals surface area contributed by atoms with Gasteiger partial charge in [0.25, 0.3) is 5.56 Å². The number of halogens is 2. The number of hydrogen-bond donors (Lipinski definition) is 1. The van der Waals surface area contributed by atoms with Gasteiger partial charge in [0.2, 0.25) is 5.95 Å². The molecule has 0 saturated heterocycles. The Balaban J connectivity index is 2.07. The molecule has 0 unspecified atom stereocenters. The van der Waals surface area contributed by atoms with Crippen molar-refractivity contribution in [3.63, 3.8) is 0 Å². The number of aromatic nitrogens is 3. The lowest BCUT2D eigenvalue weighted by Crippen LogP contribution is -2.25. The summed E-state index contributed by atoms with van der Waals surface area (Å²) in [6, 6.07) is 4.15. The van der Waals surface area contributed by atoms with Crippen LogP contribution in [0.1, 0.15) is 40.7 Å². The first kappa shape index (κ1) is 20.7. The highest BCUT2D eigenvalue weighted by Gasteiger charge is 2.18.